The van der Waals surface area contributed by atoms with E-state index in [2.05, 4.69) is 5.32 Å². The SMILES string of the molecule is O=C(N[C@@H]1CCC1(F)F)[C@H]1CCC[C@]12CCN(C(=O)c1ccccc1)C2. The Labute approximate surface area is 151 Å². The molecule has 2 amide bonds. The molecule has 4 nitrogen and oxygen atoms in total. The molecule has 1 heterocycles. The van der Waals surface area contributed by atoms with E-state index in [4.69, 9.17) is 0 Å². The number of halogens is 2. The summed E-state index contributed by atoms with van der Waals surface area (Å²) in [5.41, 5.74) is 0.394. The van der Waals surface area contributed by atoms with Crippen LogP contribution in [0.3, 0.4) is 0 Å². The minimum absolute atomic E-state index is 0.0148. The number of likely N-dealkylation sites (tertiary alicyclic amines) is 1. The third-order valence-corrected chi connectivity index (χ3v) is 6.51. The van der Waals surface area contributed by atoms with Gasteiger partial charge in [-0.25, -0.2) is 8.78 Å². The lowest BCUT2D eigenvalue weighted by Gasteiger charge is -2.39. The number of carbonyl (C=O) groups excluding carboxylic acids is 2. The van der Waals surface area contributed by atoms with Gasteiger partial charge in [0.15, 0.2) is 0 Å². The lowest BCUT2D eigenvalue weighted by atomic mass is 9.76. The molecule has 0 aromatic heterocycles. The fraction of sp³-hybridized carbons (Fsp3) is 0.600. The number of amides is 2. The molecule has 0 radical (unpaired) electrons. The van der Waals surface area contributed by atoms with Crippen LogP contribution in [0.2, 0.25) is 0 Å². The van der Waals surface area contributed by atoms with E-state index in [-0.39, 0.29) is 29.6 Å². The minimum atomic E-state index is -2.77. The van der Waals surface area contributed by atoms with Crippen LogP contribution < -0.4 is 5.32 Å². The Kier molecular flexibility index (Phi) is 4.24. The molecule has 1 spiro atoms. The van der Waals surface area contributed by atoms with Gasteiger partial charge in [0.2, 0.25) is 5.91 Å². The number of rotatable bonds is 3. The van der Waals surface area contributed by atoms with E-state index in [1.807, 2.05) is 23.1 Å². The van der Waals surface area contributed by atoms with Crippen molar-refractivity contribution in [3.63, 3.8) is 0 Å². The maximum absolute atomic E-state index is 13.5. The Morgan fingerprint density at radius 2 is 1.85 bits per heavy atom. The van der Waals surface area contributed by atoms with E-state index in [0.29, 0.717) is 25.1 Å². The summed E-state index contributed by atoms with van der Waals surface area (Å²) in [6.45, 7) is 1.16. The van der Waals surface area contributed by atoms with Crippen LogP contribution in [0.25, 0.3) is 0 Å². The monoisotopic (exact) mass is 362 g/mol. The second-order valence-electron chi connectivity index (χ2n) is 8.01. The molecule has 3 atom stereocenters. The molecular formula is C20H24F2N2O2. The first kappa shape index (κ1) is 17.4. The van der Waals surface area contributed by atoms with E-state index >= 15 is 0 Å². The number of carbonyl (C=O) groups is 2. The molecule has 1 aliphatic heterocycles. The van der Waals surface area contributed by atoms with Crippen LogP contribution in [0.15, 0.2) is 30.3 Å². The second-order valence-corrected chi connectivity index (χ2v) is 8.01. The zero-order valence-electron chi connectivity index (χ0n) is 14.7. The predicted octanol–water partition coefficient (Wildman–Crippen LogP) is 3.23. The van der Waals surface area contributed by atoms with Crippen LogP contribution >= 0.6 is 0 Å². The van der Waals surface area contributed by atoms with Crippen LogP contribution in [0, 0.1) is 11.3 Å². The first-order valence-corrected chi connectivity index (χ1v) is 9.44. The topological polar surface area (TPSA) is 49.4 Å². The standard InChI is InChI=1S/C20H24F2N2O2/c21-20(22)10-8-16(20)23-17(25)15-7-4-9-19(15)11-12-24(13-19)18(26)14-5-2-1-3-6-14/h1-3,5-6,15-16H,4,7-13H2,(H,23,25)/t15-,16-,19-/m1/s1. The van der Waals surface area contributed by atoms with Crippen molar-refractivity contribution in [2.75, 3.05) is 13.1 Å². The van der Waals surface area contributed by atoms with Crippen molar-refractivity contribution in [2.24, 2.45) is 11.3 Å². The van der Waals surface area contributed by atoms with Crippen LogP contribution in [-0.2, 0) is 4.79 Å². The van der Waals surface area contributed by atoms with Crippen molar-refractivity contribution in [3.05, 3.63) is 35.9 Å². The molecule has 2 saturated carbocycles. The van der Waals surface area contributed by atoms with E-state index in [1.165, 1.54) is 0 Å². The maximum Gasteiger partial charge on any atom is 0.267 e. The Hall–Kier alpha value is -1.98. The molecule has 1 N–H and O–H groups in total. The van der Waals surface area contributed by atoms with Crippen molar-refractivity contribution in [1.29, 1.82) is 0 Å². The highest BCUT2D eigenvalue weighted by atomic mass is 19.3. The van der Waals surface area contributed by atoms with Crippen molar-refractivity contribution in [2.45, 2.75) is 50.5 Å². The average Bonchev–Trinajstić information content (AvgIpc) is 3.26. The molecule has 3 aliphatic rings. The zero-order valence-corrected chi connectivity index (χ0v) is 14.7. The van der Waals surface area contributed by atoms with E-state index in [0.717, 1.165) is 25.7 Å². The molecule has 6 heteroatoms. The van der Waals surface area contributed by atoms with Crippen LogP contribution in [-0.4, -0.2) is 41.8 Å². The summed E-state index contributed by atoms with van der Waals surface area (Å²) in [6.07, 6.45) is 3.48. The number of hydrogen-bond acceptors (Lipinski definition) is 2. The lowest BCUT2D eigenvalue weighted by Crippen LogP contribution is -2.57. The van der Waals surface area contributed by atoms with Gasteiger partial charge in [-0.15, -0.1) is 0 Å². The number of nitrogens with one attached hydrogen (secondary N) is 1. The van der Waals surface area contributed by atoms with Gasteiger partial charge in [0.1, 0.15) is 0 Å². The van der Waals surface area contributed by atoms with E-state index in [1.54, 1.807) is 12.1 Å². The molecule has 1 aromatic rings. The van der Waals surface area contributed by atoms with E-state index in [9.17, 15) is 18.4 Å². The molecule has 4 rings (SSSR count). The molecule has 1 saturated heterocycles. The Morgan fingerprint density at radius 1 is 1.08 bits per heavy atom. The van der Waals surface area contributed by atoms with Crippen molar-refractivity contribution in [3.8, 4) is 0 Å². The van der Waals surface area contributed by atoms with Crippen LogP contribution in [0.5, 0.6) is 0 Å². The van der Waals surface area contributed by atoms with Gasteiger partial charge in [0.25, 0.3) is 11.8 Å². The normalized spacial score (nSPS) is 32.5. The lowest BCUT2D eigenvalue weighted by molar-refractivity contribution is -0.142. The van der Waals surface area contributed by atoms with Gasteiger partial charge < -0.3 is 10.2 Å². The zero-order chi connectivity index (χ0) is 18.4. The van der Waals surface area contributed by atoms with Gasteiger partial charge in [-0.05, 0) is 37.8 Å². The first-order chi connectivity index (χ1) is 12.4. The van der Waals surface area contributed by atoms with Gasteiger partial charge in [-0.3, -0.25) is 9.59 Å². The number of nitrogens with zero attached hydrogens (tertiary/aromatic N) is 1. The number of hydrogen-bond donors (Lipinski definition) is 1. The smallest absolute Gasteiger partial charge is 0.267 e. The third-order valence-electron chi connectivity index (χ3n) is 6.51. The summed E-state index contributed by atoms with van der Waals surface area (Å²) in [5, 5.41) is 2.58. The Balaban J connectivity index is 1.44. The van der Waals surface area contributed by atoms with Crippen LogP contribution in [0.1, 0.15) is 48.9 Å². The molecule has 1 aromatic carbocycles. The molecule has 2 aliphatic carbocycles. The van der Waals surface area contributed by atoms with Gasteiger partial charge in [-0.2, -0.15) is 0 Å². The molecule has 140 valence electrons. The van der Waals surface area contributed by atoms with Gasteiger partial charge in [-0.1, -0.05) is 24.6 Å². The third kappa shape index (κ3) is 2.89. The largest absolute Gasteiger partial charge is 0.347 e. The fourth-order valence-corrected chi connectivity index (χ4v) is 4.83. The highest BCUT2D eigenvalue weighted by Gasteiger charge is 2.54. The van der Waals surface area contributed by atoms with Crippen molar-refractivity contribution >= 4 is 11.8 Å². The summed E-state index contributed by atoms with van der Waals surface area (Å²) in [4.78, 5) is 27.2. The van der Waals surface area contributed by atoms with Crippen molar-refractivity contribution in [1.82, 2.24) is 10.2 Å². The summed E-state index contributed by atoms with van der Waals surface area (Å²) < 4.78 is 27.0. The minimum Gasteiger partial charge on any atom is -0.347 e. The molecule has 0 unspecified atom stereocenters. The maximum atomic E-state index is 13.5. The highest BCUT2D eigenvalue weighted by molar-refractivity contribution is 5.94. The van der Waals surface area contributed by atoms with Crippen molar-refractivity contribution < 1.29 is 18.4 Å². The fourth-order valence-electron chi connectivity index (χ4n) is 4.83. The number of alkyl halides is 2. The first-order valence-electron chi connectivity index (χ1n) is 9.44. The average molecular weight is 362 g/mol. The predicted molar refractivity (Wildman–Crippen MR) is 92.8 cm³/mol. The molecule has 26 heavy (non-hydrogen) atoms. The highest BCUT2D eigenvalue weighted by Crippen LogP contribution is 2.50. The Bertz CT molecular complexity index is 709. The van der Waals surface area contributed by atoms with Gasteiger partial charge in [0, 0.05) is 36.4 Å². The second kappa shape index (κ2) is 6.32. The summed E-state index contributed by atoms with van der Waals surface area (Å²) >= 11 is 0. The summed E-state index contributed by atoms with van der Waals surface area (Å²) in [5.74, 6) is -3.31. The summed E-state index contributed by atoms with van der Waals surface area (Å²) in [7, 11) is 0. The quantitative estimate of drug-likeness (QED) is 0.897. The molecular weight excluding hydrogens is 338 g/mol. The molecule has 0 bridgehead atoms. The Morgan fingerprint density at radius 3 is 2.50 bits per heavy atom. The van der Waals surface area contributed by atoms with Gasteiger partial charge >= 0.3 is 0 Å². The van der Waals surface area contributed by atoms with Gasteiger partial charge in [0.05, 0.1) is 6.04 Å². The van der Waals surface area contributed by atoms with Crippen LogP contribution in [0.4, 0.5) is 8.78 Å². The molecule has 3 fully saturated rings. The summed E-state index contributed by atoms with van der Waals surface area (Å²) in [6, 6.07) is 8.12. The van der Waals surface area contributed by atoms with E-state index < -0.39 is 12.0 Å². The number of benzene rings is 1.